The van der Waals surface area contributed by atoms with Gasteiger partial charge in [0.15, 0.2) is 5.65 Å². The van der Waals surface area contributed by atoms with Crippen LogP contribution in [0.3, 0.4) is 0 Å². The van der Waals surface area contributed by atoms with Gasteiger partial charge in [0.1, 0.15) is 5.82 Å². The molecule has 0 aromatic carbocycles. The van der Waals surface area contributed by atoms with Gasteiger partial charge in [-0.05, 0) is 50.3 Å². The van der Waals surface area contributed by atoms with Crippen LogP contribution in [-0.4, -0.2) is 52.0 Å². The van der Waals surface area contributed by atoms with Crippen molar-refractivity contribution in [1.82, 2.24) is 18.4 Å². The van der Waals surface area contributed by atoms with Crippen LogP contribution in [0, 0.1) is 5.41 Å². The molecule has 5 rings (SSSR count). The van der Waals surface area contributed by atoms with Gasteiger partial charge >= 0.3 is 5.69 Å². The van der Waals surface area contributed by atoms with Gasteiger partial charge in [-0.1, -0.05) is 32.9 Å². The second-order valence-electron chi connectivity index (χ2n) is 10.3. The molecule has 33 heavy (non-hydrogen) atoms. The Morgan fingerprint density at radius 3 is 2.42 bits per heavy atom. The number of anilines is 1. The molecular formula is C24H35N5O3S. The fraction of sp³-hybridized carbons (Fsp3) is 0.583. The van der Waals surface area contributed by atoms with Crippen LogP contribution < -0.4 is 10.6 Å². The number of hydrogen-bond donors (Lipinski definition) is 0. The van der Waals surface area contributed by atoms with E-state index in [9.17, 15) is 13.2 Å². The van der Waals surface area contributed by atoms with E-state index in [0.717, 1.165) is 24.2 Å². The molecule has 0 N–H and O–H groups in total. The third-order valence-electron chi connectivity index (χ3n) is 6.59. The van der Waals surface area contributed by atoms with Crippen molar-refractivity contribution < 1.29 is 8.42 Å². The molecule has 3 fully saturated rings. The Labute approximate surface area is 196 Å². The highest BCUT2D eigenvalue weighted by molar-refractivity contribution is 7.93. The second kappa shape index (κ2) is 8.43. The van der Waals surface area contributed by atoms with Gasteiger partial charge in [0.25, 0.3) is 0 Å². The summed E-state index contributed by atoms with van der Waals surface area (Å²) in [5, 5.41) is 0. The molecule has 5 heterocycles. The van der Waals surface area contributed by atoms with Gasteiger partial charge < -0.3 is 4.90 Å². The minimum Gasteiger partial charge on any atom is -0.351 e. The molecule has 180 valence electrons. The Bertz CT molecular complexity index is 1280. The smallest absolute Gasteiger partial charge is 0.330 e. The first kappa shape index (κ1) is 23.8. The normalized spacial score (nSPS) is 22.7. The molecule has 0 aliphatic carbocycles. The molecule has 3 aliphatic heterocycles. The molecule has 9 heteroatoms. The second-order valence-corrected chi connectivity index (χ2v) is 12.2. The first-order chi connectivity index (χ1) is 15.5. The Hall–Kier alpha value is -2.39. The minimum atomic E-state index is -3.52. The van der Waals surface area contributed by atoms with Gasteiger partial charge in [0.2, 0.25) is 10.0 Å². The van der Waals surface area contributed by atoms with E-state index in [1.807, 2.05) is 19.1 Å². The summed E-state index contributed by atoms with van der Waals surface area (Å²) in [5.74, 6) is 0.803. The number of piperidine rings is 2. The lowest BCUT2D eigenvalue weighted by atomic mass is 9.93. The predicted octanol–water partition coefficient (Wildman–Crippen LogP) is 3.24. The van der Waals surface area contributed by atoms with Crippen molar-refractivity contribution in [1.29, 1.82) is 0 Å². The van der Waals surface area contributed by atoms with Crippen molar-refractivity contribution in [2.24, 2.45) is 12.5 Å². The Morgan fingerprint density at radius 1 is 1.15 bits per heavy atom. The van der Waals surface area contributed by atoms with Gasteiger partial charge in [0, 0.05) is 38.8 Å². The number of fused-ring (bicyclic) bond motifs is 4. The summed E-state index contributed by atoms with van der Waals surface area (Å²) in [4.78, 5) is 20.3. The fourth-order valence-electron chi connectivity index (χ4n) is 5.05. The highest BCUT2D eigenvalue weighted by Gasteiger charge is 2.45. The summed E-state index contributed by atoms with van der Waals surface area (Å²) >= 11 is 0. The highest BCUT2D eigenvalue weighted by Crippen LogP contribution is 2.36. The maximum atomic E-state index is 13.2. The third-order valence-corrected chi connectivity index (χ3v) is 8.63. The van der Waals surface area contributed by atoms with Crippen molar-refractivity contribution in [2.45, 2.75) is 66.1 Å². The van der Waals surface area contributed by atoms with E-state index in [0.29, 0.717) is 30.2 Å². The van der Waals surface area contributed by atoms with E-state index < -0.39 is 10.0 Å². The molecule has 3 aliphatic rings. The maximum absolute atomic E-state index is 13.2. The number of rotatable bonds is 5. The molecule has 2 bridgehead atoms. The monoisotopic (exact) mass is 473 g/mol. The lowest BCUT2D eigenvalue weighted by Crippen LogP contribution is -2.64. The molecule has 8 nitrogen and oxygen atoms in total. The average molecular weight is 474 g/mol. The van der Waals surface area contributed by atoms with E-state index in [-0.39, 0.29) is 23.2 Å². The zero-order valence-electron chi connectivity index (χ0n) is 20.4. The molecule has 0 spiro atoms. The molecule has 2 atom stereocenters. The summed E-state index contributed by atoms with van der Waals surface area (Å²) in [6.45, 7) is 11.6. The molecule has 0 radical (unpaired) electrons. The van der Waals surface area contributed by atoms with Crippen molar-refractivity contribution in [2.75, 3.05) is 18.0 Å². The van der Waals surface area contributed by atoms with Crippen LogP contribution in [0.5, 0.6) is 0 Å². The van der Waals surface area contributed by atoms with Gasteiger partial charge in [-0.3, -0.25) is 9.13 Å². The lowest BCUT2D eigenvalue weighted by Gasteiger charge is -2.51. The van der Waals surface area contributed by atoms with Gasteiger partial charge in [-0.15, -0.1) is 0 Å². The predicted molar refractivity (Wildman–Crippen MR) is 133 cm³/mol. The number of aromatic nitrogens is 3. The Balaban J connectivity index is 1.65. The number of aryl methyl sites for hydroxylation is 1. The zero-order valence-corrected chi connectivity index (χ0v) is 21.3. The Kier molecular flexibility index (Phi) is 6.07. The van der Waals surface area contributed by atoms with Crippen molar-refractivity contribution in [3.63, 3.8) is 0 Å². The summed E-state index contributed by atoms with van der Waals surface area (Å²) in [6.07, 6.45) is 6.85. The minimum absolute atomic E-state index is 0.0312. The summed E-state index contributed by atoms with van der Waals surface area (Å²) in [7, 11) is -1.76. The van der Waals surface area contributed by atoms with Crippen molar-refractivity contribution in [3.05, 3.63) is 45.8 Å². The van der Waals surface area contributed by atoms with Crippen LogP contribution in [0.4, 0.5) is 5.82 Å². The van der Waals surface area contributed by atoms with Crippen LogP contribution in [0.15, 0.2) is 40.1 Å². The van der Waals surface area contributed by atoms with Gasteiger partial charge in [-0.2, -0.15) is 4.31 Å². The summed E-state index contributed by atoms with van der Waals surface area (Å²) < 4.78 is 31.6. The van der Waals surface area contributed by atoms with E-state index in [1.54, 1.807) is 45.6 Å². The van der Waals surface area contributed by atoms with Gasteiger partial charge in [-0.25, -0.2) is 18.2 Å². The van der Waals surface area contributed by atoms with Crippen LogP contribution in [0.1, 0.15) is 47.5 Å². The number of sulfonamides is 1. The summed E-state index contributed by atoms with van der Waals surface area (Å²) in [6, 6.07) is 3.92. The van der Waals surface area contributed by atoms with Crippen LogP contribution in [0.25, 0.3) is 11.2 Å². The quantitative estimate of drug-likeness (QED) is 0.623. The van der Waals surface area contributed by atoms with E-state index in [4.69, 9.17) is 4.98 Å². The molecular weight excluding hydrogens is 438 g/mol. The third kappa shape index (κ3) is 4.17. The largest absolute Gasteiger partial charge is 0.351 e. The number of allylic oxidation sites excluding steroid dienone is 3. The molecule has 0 amide bonds. The molecule has 3 saturated heterocycles. The standard InChI is InChI=1S/C24H35N5O3S/c1-7-9-19(8-2)33(31,32)29-15-17-10-11-18(29)14-27(17)21-13-12-20-22(25-21)26(6)23(30)28(20)16-24(3,4)5/h7-9,12-13,17-18H,10-11,14-16H2,1-6H3. The van der Waals surface area contributed by atoms with Crippen molar-refractivity contribution >= 4 is 27.0 Å². The SMILES string of the molecule is CC=CC(=CC)S(=O)(=O)N1CC2CCC1CN2c1ccc2c(n1)n(C)c(=O)n2CC(C)(C)C. The Morgan fingerprint density at radius 2 is 1.85 bits per heavy atom. The zero-order chi connectivity index (χ0) is 24.1. The number of pyridine rings is 1. The first-order valence-corrected chi connectivity index (χ1v) is 13.1. The highest BCUT2D eigenvalue weighted by atomic mass is 32.2. The van der Waals surface area contributed by atoms with E-state index >= 15 is 0 Å². The van der Waals surface area contributed by atoms with Crippen LogP contribution >= 0.6 is 0 Å². The molecule has 2 unspecified atom stereocenters. The topological polar surface area (TPSA) is 80.4 Å². The van der Waals surface area contributed by atoms with Crippen molar-refractivity contribution in [3.8, 4) is 0 Å². The van der Waals surface area contributed by atoms with Crippen LogP contribution in [-0.2, 0) is 23.6 Å². The molecule has 2 aromatic heterocycles. The number of piperazine rings is 1. The lowest BCUT2D eigenvalue weighted by molar-refractivity contribution is 0.180. The van der Waals surface area contributed by atoms with E-state index in [1.165, 1.54) is 0 Å². The number of hydrogen-bond acceptors (Lipinski definition) is 5. The summed E-state index contributed by atoms with van der Waals surface area (Å²) in [5.41, 5.74) is 1.40. The van der Waals surface area contributed by atoms with Crippen LogP contribution in [0.2, 0.25) is 0 Å². The molecule has 2 aromatic rings. The molecule has 0 saturated carbocycles. The first-order valence-electron chi connectivity index (χ1n) is 11.6. The number of nitrogens with zero attached hydrogens (tertiary/aromatic N) is 5. The number of imidazole rings is 1. The fourth-order valence-corrected chi connectivity index (χ4v) is 6.86. The average Bonchev–Trinajstić information content (AvgIpc) is 3.00. The maximum Gasteiger partial charge on any atom is 0.330 e. The van der Waals surface area contributed by atoms with E-state index in [2.05, 4.69) is 25.7 Å². The van der Waals surface area contributed by atoms with Gasteiger partial charge in [0.05, 0.1) is 10.4 Å².